The van der Waals surface area contributed by atoms with Gasteiger partial charge in [0.15, 0.2) is 5.58 Å². The molecule has 0 radical (unpaired) electrons. The number of hydrogen-bond acceptors (Lipinski definition) is 4. The van der Waals surface area contributed by atoms with Crippen molar-refractivity contribution < 1.29 is 9.21 Å². The minimum absolute atomic E-state index is 0.0185. The van der Waals surface area contributed by atoms with E-state index < -0.39 is 0 Å². The smallest absolute Gasteiger partial charge is 0.317 e. The molecule has 3 aromatic rings. The summed E-state index contributed by atoms with van der Waals surface area (Å²) in [5.74, 6) is 0.675. The number of rotatable bonds is 4. The minimum Gasteiger partial charge on any atom is -0.439 e. The number of nitrogens with zero attached hydrogens (tertiary/aromatic N) is 3. The molecule has 2 heterocycles. The van der Waals surface area contributed by atoms with Crippen molar-refractivity contribution >= 4 is 28.7 Å². The molecule has 2 amide bonds. The second-order valence-corrected chi connectivity index (χ2v) is 7.06. The summed E-state index contributed by atoms with van der Waals surface area (Å²) in [4.78, 5) is 20.9. The molecule has 0 unspecified atom stereocenters. The number of piperazine rings is 1. The van der Waals surface area contributed by atoms with Crippen LogP contribution in [0, 0.1) is 0 Å². The van der Waals surface area contributed by atoms with E-state index in [4.69, 9.17) is 16.0 Å². The molecule has 0 atom stereocenters. The number of halogens is 1. The quantitative estimate of drug-likeness (QED) is 0.747. The predicted molar refractivity (Wildman–Crippen MR) is 105 cm³/mol. The lowest BCUT2D eigenvalue weighted by molar-refractivity contribution is 0.129. The maximum Gasteiger partial charge on any atom is 0.317 e. The van der Waals surface area contributed by atoms with Crippen molar-refractivity contribution in [3.8, 4) is 0 Å². The summed E-state index contributed by atoms with van der Waals surface area (Å²) in [5.41, 5.74) is 2.62. The first kappa shape index (κ1) is 17.8. The monoisotopic (exact) mass is 384 g/mol. The van der Waals surface area contributed by atoms with Gasteiger partial charge in [0.25, 0.3) is 0 Å². The lowest BCUT2D eigenvalue weighted by atomic mass is 10.2. The fourth-order valence-electron chi connectivity index (χ4n) is 3.20. The topological polar surface area (TPSA) is 61.6 Å². The summed E-state index contributed by atoms with van der Waals surface area (Å²) >= 11 is 5.99. The number of fused-ring (bicyclic) bond motifs is 1. The molecule has 0 aliphatic carbocycles. The zero-order chi connectivity index (χ0) is 18.6. The second-order valence-electron chi connectivity index (χ2n) is 6.63. The van der Waals surface area contributed by atoms with Crippen molar-refractivity contribution in [2.24, 2.45) is 0 Å². The first-order chi connectivity index (χ1) is 13.2. The highest BCUT2D eigenvalue weighted by molar-refractivity contribution is 6.31. The van der Waals surface area contributed by atoms with Crippen LogP contribution in [0.5, 0.6) is 0 Å². The van der Waals surface area contributed by atoms with E-state index in [-0.39, 0.29) is 6.03 Å². The fraction of sp³-hybridized carbons (Fsp3) is 0.300. The number of hydrogen-bond donors (Lipinski definition) is 1. The third-order valence-electron chi connectivity index (χ3n) is 4.70. The van der Waals surface area contributed by atoms with Crippen molar-refractivity contribution in [1.82, 2.24) is 20.1 Å². The molecule has 0 saturated carbocycles. The molecule has 0 spiro atoms. The molecule has 1 fully saturated rings. The van der Waals surface area contributed by atoms with Crippen molar-refractivity contribution in [3.05, 3.63) is 65.0 Å². The first-order valence-corrected chi connectivity index (χ1v) is 9.39. The van der Waals surface area contributed by atoms with Crippen LogP contribution in [0.3, 0.4) is 0 Å². The van der Waals surface area contributed by atoms with Crippen LogP contribution in [-0.4, -0.2) is 47.0 Å². The SMILES string of the molecule is O=C(NCc1ccccc1)N1CCN(Cc2nc3cc(Cl)ccc3o2)CC1. The molecule has 1 saturated heterocycles. The Morgan fingerprint density at radius 2 is 1.89 bits per heavy atom. The van der Waals surface area contributed by atoms with Crippen molar-refractivity contribution in [2.45, 2.75) is 13.1 Å². The molecule has 0 bridgehead atoms. The summed E-state index contributed by atoms with van der Waals surface area (Å²) < 4.78 is 5.78. The largest absolute Gasteiger partial charge is 0.439 e. The van der Waals surface area contributed by atoms with Crippen LogP contribution < -0.4 is 5.32 Å². The van der Waals surface area contributed by atoms with Gasteiger partial charge < -0.3 is 14.6 Å². The van der Waals surface area contributed by atoms with Gasteiger partial charge in [-0.2, -0.15) is 0 Å². The van der Waals surface area contributed by atoms with Crippen LogP contribution in [0.15, 0.2) is 52.9 Å². The van der Waals surface area contributed by atoms with Gasteiger partial charge in [-0.3, -0.25) is 4.90 Å². The molecular formula is C20H21ClN4O2. The van der Waals surface area contributed by atoms with Gasteiger partial charge in [-0.15, -0.1) is 0 Å². The van der Waals surface area contributed by atoms with Gasteiger partial charge in [-0.25, -0.2) is 9.78 Å². The average molecular weight is 385 g/mol. The zero-order valence-corrected chi connectivity index (χ0v) is 15.7. The predicted octanol–water partition coefficient (Wildman–Crippen LogP) is 3.51. The maximum absolute atomic E-state index is 12.3. The van der Waals surface area contributed by atoms with Gasteiger partial charge in [-0.1, -0.05) is 41.9 Å². The Balaban J connectivity index is 1.27. The average Bonchev–Trinajstić information content (AvgIpc) is 3.09. The molecule has 7 heteroatoms. The normalized spacial score (nSPS) is 15.2. The van der Waals surface area contributed by atoms with E-state index in [1.165, 1.54) is 0 Å². The molecule has 27 heavy (non-hydrogen) atoms. The summed E-state index contributed by atoms with van der Waals surface area (Å²) in [6, 6.07) is 15.3. The van der Waals surface area contributed by atoms with E-state index in [2.05, 4.69) is 15.2 Å². The summed E-state index contributed by atoms with van der Waals surface area (Å²) in [6.45, 7) is 4.13. The van der Waals surface area contributed by atoms with Gasteiger partial charge in [-0.05, 0) is 23.8 Å². The number of aromatic nitrogens is 1. The lowest BCUT2D eigenvalue weighted by Gasteiger charge is -2.34. The van der Waals surface area contributed by atoms with Crippen molar-refractivity contribution in [3.63, 3.8) is 0 Å². The Morgan fingerprint density at radius 3 is 2.67 bits per heavy atom. The Bertz CT molecular complexity index is 920. The van der Waals surface area contributed by atoms with E-state index in [1.807, 2.05) is 41.3 Å². The highest BCUT2D eigenvalue weighted by Crippen LogP contribution is 2.21. The summed E-state index contributed by atoms with van der Waals surface area (Å²) in [6.07, 6.45) is 0. The molecule has 6 nitrogen and oxygen atoms in total. The Morgan fingerprint density at radius 1 is 1.11 bits per heavy atom. The second kappa shape index (κ2) is 7.98. The van der Waals surface area contributed by atoms with Gasteiger partial charge in [0.1, 0.15) is 5.52 Å². The van der Waals surface area contributed by atoms with Crippen LogP contribution in [0.1, 0.15) is 11.5 Å². The molecule has 4 rings (SSSR count). The maximum atomic E-state index is 12.3. The third-order valence-corrected chi connectivity index (χ3v) is 4.93. The van der Waals surface area contributed by atoms with Crippen LogP contribution in [0.4, 0.5) is 4.79 Å². The van der Waals surface area contributed by atoms with Gasteiger partial charge in [0, 0.05) is 37.7 Å². The highest BCUT2D eigenvalue weighted by Gasteiger charge is 2.22. The molecule has 2 aromatic carbocycles. The molecule has 1 aromatic heterocycles. The summed E-state index contributed by atoms with van der Waals surface area (Å²) in [7, 11) is 0. The Hall–Kier alpha value is -2.57. The summed E-state index contributed by atoms with van der Waals surface area (Å²) in [5, 5.41) is 3.63. The molecule has 1 aliphatic heterocycles. The molecular weight excluding hydrogens is 364 g/mol. The highest BCUT2D eigenvalue weighted by atomic mass is 35.5. The van der Waals surface area contributed by atoms with E-state index in [0.29, 0.717) is 37.1 Å². The lowest BCUT2D eigenvalue weighted by Crippen LogP contribution is -2.51. The number of amides is 2. The number of oxazole rings is 1. The van der Waals surface area contributed by atoms with Gasteiger partial charge in [0.05, 0.1) is 6.54 Å². The minimum atomic E-state index is -0.0185. The molecule has 1 aliphatic rings. The standard InChI is InChI=1S/C20H21ClN4O2/c21-16-6-7-18-17(12-16)23-19(27-18)14-24-8-10-25(11-9-24)20(26)22-13-15-4-2-1-3-5-15/h1-7,12H,8-11,13-14H2,(H,22,26). The third kappa shape index (κ3) is 4.40. The zero-order valence-electron chi connectivity index (χ0n) is 14.9. The number of urea groups is 1. The van der Waals surface area contributed by atoms with Gasteiger partial charge >= 0.3 is 6.03 Å². The number of carbonyl (C=O) groups is 1. The van der Waals surface area contributed by atoms with Crippen LogP contribution in [0.25, 0.3) is 11.1 Å². The van der Waals surface area contributed by atoms with E-state index >= 15 is 0 Å². The van der Waals surface area contributed by atoms with Gasteiger partial charge in [0.2, 0.25) is 5.89 Å². The number of benzene rings is 2. The first-order valence-electron chi connectivity index (χ1n) is 9.01. The molecule has 1 N–H and O–H groups in total. The fourth-order valence-corrected chi connectivity index (χ4v) is 3.37. The number of carbonyl (C=O) groups excluding carboxylic acids is 1. The van der Waals surface area contributed by atoms with Crippen LogP contribution in [-0.2, 0) is 13.1 Å². The Kier molecular flexibility index (Phi) is 5.27. The van der Waals surface area contributed by atoms with Crippen LogP contribution in [0.2, 0.25) is 5.02 Å². The number of nitrogens with one attached hydrogen (secondary N) is 1. The Labute approximate surface area is 162 Å². The van der Waals surface area contributed by atoms with Crippen molar-refractivity contribution in [1.29, 1.82) is 0 Å². The van der Waals surface area contributed by atoms with E-state index in [9.17, 15) is 4.79 Å². The van der Waals surface area contributed by atoms with Crippen molar-refractivity contribution in [2.75, 3.05) is 26.2 Å². The van der Waals surface area contributed by atoms with E-state index in [0.717, 1.165) is 29.8 Å². The van der Waals surface area contributed by atoms with Crippen LogP contribution >= 0.6 is 11.6 Å². The van der Waals surface area contributed by atoms with E-state index in [1.54, 1.807) is 12.1 Å². The molecule has 140 valence electrons.